The van der Waals surface area contributed by atoms with Gasteiger partial charge >= 0.3 is 0 Å². The van der Waals surface area contributed by atoms with Crippen molar-refractivity contribution >= 4 is 5.91 Å². The van der Waals surface area contributed by atoms with Crippen LogP contribution in [0, 0.1) is 23.2 Å². The van der Waals surface area contributed by atoms with E-state index < -0.39 is 0 Å². The quantitative estimate of drug-likeness (QED) is 0.829. The number of rotatable bonds is 4. The first-order valence-electron chi connectivity index (χ1n) is 9.96. The summed E-state index contributed by atoms with van der Waals surface area (Å²) in [6, 6.07) is 0. The number of carbonyl (C=O) groups excluding carboxylic acids is 1. The molecule has 1 aromatic rings. The molecule has 6 nitrogen and oxygen atoms in total. The number of carbonyl (C=O) groups is 1. The molecule has 2 heterocycles. The lowest BCUT2D eigenvalue weighted by atomic mass is 9.49. The van der Waals surface area contributed by atoms with E-state index in [4.69, 9.17) is 9.47 Å². The minimum Gasteiger partial charge on any atom is -0.477 e. The third kappa shape index (κ3) is 2.65. The van der Waals surface area contributed by atoms with Crippen LogP contribution in [0.4, 0.5) is 0 Å². The van der Waals surface area contributed by atoms with E-state index in [9.17, 15) is 4.79 Å². The van der Waals surface area contributed by atoms with Crippen molar-refractivity contribution in [3.05, 3.63) is 12.4 Å². The first kappa shape index (κ1) is 16.3. The number of methoxy groups -OCH3 is 1. The summed E-state index contributed by atoms with van der Waals surface area (Å²) in [5.74, 6) is 3.60. The molecule has 0 N–H and O–H groups in total. The Hall–Kier alpha value is -1.85. The van der Waals surface area contributed by atoms with Crippen molar-refractivity contribution in [1.82, 2.24) is 14.9 Å². The first-order valence-corrected chi connectivity index (χ1v) is 9.96. The molecule has 0 radical (unpaired) electrons. The standard InChI is InChI=1S/C20H27N3O3/c1-25-17-18(22-4-3-21-17)26-16-2-5-23(12-16)19(24)20-9-13-6-14(10-20)8-15(7-13)11-20/h3-4,13-16H,2,5-12H2,1H3. The van der Waals surface area contributed by atoms with Crippen molar-refractivity contribution in [3.8, 4) is 11.8 Å². The van der Waals surface area contributed by atoms with Crippen molar-refractivity contribution < 1.29 is 14.3 Å². The molecule has 5 fully saturated rings. The smallest absolute Gasteiger partial charge is 0.278 e. The molecule has 140 valence electrons. The van der Waals surface area contributed by atoms with Gasteiger partial charge in [-0.2, -0.15) is 0 Å². The second-order valence-corrected chi connectivity index (χ2v) is 8.85. The molecule has 26 heavy (non-hydrogen) atoms. The Morgan fingerprint density at radius 2 is 1.69 bits per heavy atom. The van der Waals surface area contributed by atoms with Gasteiger partial charge in [-0.1, -0.05) is 0 Å². The molecule has 1 amide bonds. The molecule has 6 rings (SSSR count). The van der Waals surface area contributed by atoms with E-state index in [0.29, 0.717) is 24.2 Å². The van der Waals surface area contributed by atoms with Crippen molar-refractivity contribution in [1.29, 1.82) is 0 Å². The van der Waals surface area contributed by atoms with Crippen LogP contribution in [-0.4, -0.2) is 47.1 Å². The van der Waals surface area contributed by atoms with Crippen LogP contribution in [0.3, 0.4) is 0 Å². The van der Waals surface area contributed by atoms with Crippen LogP contribution in [0.25, 0.3) is 0 Å². The second-order valence-electron chi connectivity index (χ2n) is 8.85. The molecular weight excluding hydrogens is 330 g/mol. The van der Waals surface area contributed by atoms with Crippen LogP contribution in [-0.2, 0) is 4.79 Å². The fourth-order valence-corrected chi connectivity index (χ4v) is 6.41. The Kier molecular flexibility index (Phi) is 3.83. The molecule has 6 heteroatoms. The summed E-state index contributed by atoms with van der Waals surface area (Å²) >= 11 is 0. The molecule has 4 saturated carbocycles. The Morgan fingerprint density at radius 1 is 1.08 bits per heavy atom. The van der Waals surface area contributed by atoms with Gasteiger partial charge in [0.25, 0.3) is 11.8 Å². The predicted molar refractivity (Wildman–Crippen MR) is 94.8 cm³/mol. The lowest BCUT2D eigenvalue weighted by molar-refractivity contribution is -0.156. The predicted octanol–water partition coefficient (Wildman–Crippen LogP) is 2.68. The van der Waals surface area contributed by atoms with Crippen LogP contribution >= 0.6 is 0 Å². The molecule has 0 aromatic carbocycles. The number of hydrogen-bond donors (Lipinski definition) is 0. The normalized spacial score (nSPS) is 37.8. The highest BCUT2D eigenvalue weighted by atomic mass is 16.5. The van der Waals surface area contributed by atoms with Gasteiger partial charge in [-0.3, -0.25) is 4.79 Å². The molecule has 1 atom stereocenters. The Balaban J connectivity index is 1.27. The van der Waals surface area contributed by atoms with Gasteiger partial charge in [0.2, 0.25) is 5.91 Å². The molecule has 5 aliphatic rings. The average molecular weight is 357 g/mol. The minimum atomic E-state index is -0.0616. The highest BCUT2D eigenvalue weighted by Gasteiger charge is 2.56. The van der Waals surface area contributed by atoms with E-state index in [1.165, 1.54) is 19.3 Å². The van der Waals surface area contributed by atoms with Crippen molar-refractivity contribution in [3.63, 3.8) is 0 Å². The topological polar surface area (TPSA) is 64.6 Å². The van der Waals surface area contributed by atoms with Gasteiger partial charge in [0.15, 0.2) is 0 Å². The summed E-state index contributed by atoms with van der Waals surface area (Å²) < 4.78 is 11.2. The van der Waals surface area contributed by atoms with E-state index in [2.05, 4.69) is 14.9 Å². The molecule has 1 saturated heterocycles. The van der Waals surface area contributed by atoms with Gasteiger partial charge in [0.1, 0.15) is 6.10 Å². The Bertz CT molecular complexity index is 672. The summed E-state index contributed by atoms with van der Waals surface area (Å²) in [6.45, 7) is 1.44. The molecular formula is C20H27N3O3. The summed E-state index contributed by atoms with van der Waals surface area (Å²) in [7, 11) is 1.56. The largest absolute Gasteiger partial charge is 0.477 e. The van der Waals surface area contributed by atoms with Gasteiger partial charge in [-0.25, -0.2) is 9.97 Å². The van der Waals surface area contributed by atoms with Crippen LogP contribution in [0.15, 0.2) is 12.4 Å². The van der Waals surface area contributed by atoms with Crippen molar-refractivity contribution in [2.75, 3.05) is 20.2 Å². The fraction of sp³-hybridized carbons (Fsp3) is 0.750. The lowest BCUT2D eigenvalue weighted by Gasteiger charge is -2.56. The van der Waals surface area contributed by atoms with Crippen LogP contribution < -0.4 is 9.47 Å². The Labute approximate surface area is 154 Å². The lowest BCUT2D eigenvalue weighted by Crippen LogP contribution is -2.54. The van der Waals surface area contributed by atoms with Gasteiger partial charge in [-0.05, 0) is 56.3 Å². The monoisotopic (exact) mass is 357 g/mol. The molecule has 1 unspecified atom stereocenters. The third-order valence-corrected chi connectivity index (χ3v) is 7.03. The second kappa shape index (κ2) is 6.10. The van der Waals surface area contributed by atoms with E-state index in [0.717, 1.165) is 50.0 Å². The summed E-state index contributed by atoms with van der Waals surface area (Å²) in [6.07, 6.45) is 11.5. The Morgan fingerprint density at radius 3 is 2.31 bits per heavy atom. The van der Waals surface area contributed by atoms with Crippen LogP contribution in [0.2, 0.25) is 0 Å². The minimum absolute atomic E-state index is 0.0292. The van der Waals surface area contributed by atoms with E-state index in [-0.39, 0.29) is 11.5 Å². The van der Waals surface area contributed by atoms with E-state index >= 15 is 0 Å². The van der Waals surface area contributed by atoms with Crippen LogP contribution in [0.5, 0.6) is 11.8 Å². The number of ether oxygens (including phenoxy) is 2. The zero-order valence-electron chi connectivity index (χ0n) is 15.4. The first-order chi connectivity index (χ1) is 12.6. The van der Waals surface area contributed by atoms with E-state index in [1.807, 2.05) is 0 Å². The van der Waals surface area contributed by atoms with Crippen molar-refractivity contribution in [2.24, 2.45) is 23.2 Å². The van der Waals surface area contributed by atoms with Gasteiger partial charge in [0.05, 0.1) is 19.1 Å². The summed E-state index contributed by atoms with van der Waals surface area (Å²) in [4.78, 5) is 23.8. The maximum absolute atomic E-state index is 13.4. The maximum Gasteiger partial charge on any atom is 0.278 e. The zero-order valence-corrected chi connectivity index (χ0v) is 15.4. The molecule has 0 spiro atoms. The summed E-state index contributed by atoms with van der Waals surface area (Å²) in [5, 5.41) is 0. The number of likely N-dealkylation sites (tertiary alicyclic amines) is 1. The van der Waals surface area contributed by atoms with Crippen LogP contribution in [0.1, 0.15) is 44.9 Å². The zero-order chi connectivity index (χ0) is 17.7. The maximum atomic E-state index is 13.4. The van der Waals surface area contributed by atoms with Gasteiger partial charge in [0, 0.05) is 25.4 Å². The van der Waals surface area contributed by atoms with Gasteiger partial charge < -0.3 is 14.4 Å². The summed E-state index contributed by atoms with van der Waals surface area (Å²) in [5.41, 5.74) is -0.0616. The SMILES string of the molecule is COc1nccnc1OC1CCN(C(=O)C23CC4CC(CC(C4)C2)C3)C1. The third-order valence-electron chi connectivity index (χ3n) is 7.03. The van der Waals surface area contributed by atoms with Gasteiger partial charge in [-0.15, -0.1) is 0 Å². The van der Waals surface area contributed by atoms with Crippen molar-refractivity contribution in [2.45, 2.75) is 51.0 Å². The number of aromatic nitrogens is 2. The number of hydrogen-bond acceptors (Lipinski definition) is 5. The molecule has 4 aliphatic carbocycles. The average Bonchev–Trinajstić information content (AvgIpc) is 3.09. The number of amides is 1. The fourth-order valence-electron chi connectivity index (χ4n) is 6.41. The number of nitrogens with zero attached hydrogens (tertiary/aromatic N) is 3. The van der Waals surface area contributed by atoms with E-state index in [1.54, 1.807) is 19.5 Å². The molecule has 1 aliphatic heterocycles. The molecule has 1 aromatic heterocycles. The molecule has 4 bridgehead atoms. The highest BCUT2D eigenvalue weighted by molar-refractivity contribution is 5.83. The highest BCUT2D eigenvalue weighted by Crippen LogP contribution is 2.60.